The van der Waals surface area contributed by atoms with E-state index in [9.17, 15) is 4.79 Å². The minimum atomic E-state index is -0.858. The van der Waals surface area contributed by atoms with E-state index in [2.05, 4.69) is 10.3 Å². The molecule has 0 aliphatic rings. The Morgan fingerprint density at radius 1 is 1.35 bits per heavy atom. The average Bonchev–Trinajstić information content (AvgIpc) is 2.78. The Kier molecular flexibility index (Phi) is 3.85. The number of carbonyl (C=O) groups is 1. The molecule has 4 nitrogen and oxygen atoms in total. The van der Waals surface area contributed by atoms with Gasteiger partial charge in [0.05, 0.1) is 12.2 Å². The normalized spacial score (nSPS) is 10.4. The van der Waals surface area contributed by atoms with E-state index in [0.29, 0.717) is 6.54 Å². The highest BCUT2D eigenvalue weighted by atomic mass is 32.1. The van der Waals surface area contributed by atoms with Crippen molar-refractivity contribution in [2.45, 2.75) is 6.54 Å². The Labute approximate surface area is 103 Å². The molecule has 0 aliphatic heterocycles. The summed E-state index contributed by atoms with van der Waals surface area (Å²) in [5, 5.41) is 14.2. The SMILES string of the molecule is O=C(O)CNCc1csc(-c2ccccc2)n1. The maximum atomic E-state index is 10.3. The van der Waals surface area contributed by atoms with Gasteiger partial charge in [0.1, 0.15) is 5.01 Å². The summed E-state index contributed by atoms with van der Waals surface area (Å²) in [6, 6.07) is 9.92. The largest absolute Gasteiger partial charge is 0.480 e. The summed E-state index contributed by atoms with van der Waals surface area (Å²) in [6.45, 7) is 0.438. The molecular weight excluding hydrogens is 236 g/mol. The van der Waals surface area contributed by atoms with Gasteiger partial charge in [0.2, 0.25) is 0 Å². The third-order valence-corrected chi connectivity index (χ3v) is 3.10. The van der Waals surface area contributed by atoms with Crippen LogP contribution in [0.4, 0.5) is 0 Å². The molecule has 0 atom stereocenters. The number of carboxylic acids is 1. The van der Waals surface area contributed by atoms with Crippen LogP contribution >= 0.6 is 11.3 Å². The summed E-state index contributed by atoms with van der Waals surface area (Å²) in [4.78, 5) is 14.8. The zero-order chi connectivity index (χ0) is 12.1. The van der Waals surface area contributed by atoms with Gasteiger partial charge in [-0.2, -0.15) is 0 Å². The van der Waals surface area contributed by atoms with Gasteiger partial charge in [-0.1, -0.05) is 30.3 Å². The van der Waals surface area contributed by atoms with Gasteiger partial charge in [-0.3, -0.25) is 4.79 Å². The van der Waals surface area contributed by atoms with Gasteiger partial charge in [-0.15, -0.1) is 11.3 Å². The van der Waals surface area contributed by atoms with Crippen LogP contribution in [0.15, 0.2) is 35.7 Å². The number of hydrogen-bond donors (Lipinski definition) is 2. The van der Waals surface area contributed by atoms with Gasteiger partial charge in [-0.25, -0.2) is 4.98 Å². The number of benzene rings is 1. The smallest absolute Gasteiger partial charge is 0.317 e. The Morgan fingerprint density at radius 3 is 2.82 bits per heavy atom. The first kappa shape index (κ1) is 11.8. The predicted octanol–water partition coefficient (Wildman–Crippen LogP) is 1.98. The Bertz CT molecular complexity index is 496. The van der Waals surface area contributed by atoms with Gasteiger partial charge < -0.3 is 10.4 Å². The molecule has 0 saturated heterocycles. The van der Waals surface area contributed by atoms with E-state index in [4.69, 9.17) is 5.11 Å². The fraction of sp³-hybridized carbons (Fsp3) is 0.167. The van der Waals surface area contributed by atoms with Crippen LogP contribution in [0.3, 0.4) is 0 Å². The molecule has 2 rings (SSSR count). The van der Waals surface area contributed by atoms with Crippen LogP contribution in [-0.2, 0) is 11.3 Å². The fourth-order valence-corrected chi connectivity index (χ4v) is 2.22. The van der Waals surface area contributed by atoms with Crippen LogP contribution in [-0.4, -0.2) is 22.6 Å². The molecule has 17 heavy (non-hydrogen) atoms. The van der Waals surface area contributed by atoms with Crippen molar-refractivity contribution in [3.63, 3.8) is 0 Å². The number of rotatable bonds is 5. The van der Waals surface area contributed by atoms with Crippen molar-refractivity contribution >= 4 is 17.3 Å². The molecule has 0 unspecified atom stereocenters. The number of aromatic nitrogens is 1. The predicted molar refractivity (Wildman–Crippen MR) is 66.9 cm³/mol. The number of carboxylic acid groups (broad SMARTS) is 1. The molecular formula is C12H12N2O2S. The highest BCUT2D eigenvalue weighted by Gasteiger charge is 2.04. The van der Waals surface area contributed by atoms with Gasteiger partial charge in [0.15, 0.2) is 0 Å². The van der Waals surface area contributed by atoms with Crippen LogP contribution in [0.5, 0.6) is 0 Å². The van der Waals surface area contributed by atoms with E-state index in [-0.39, 0.29) is 6.54 Å². The molecule has 0 radical (unpaired) electrons. The molecule has 5 heteroatoms. The summed E-state index contributed by atoms with van der Waals surface area (Å²) in [5.41, 5.74) is 1.96. The molecule has 0 bridgehead atoms. The summed E-state index contributed by atoms with van der Waals surface area (Å²) in [6.07, 6.45) is 0. The van der Waals surface area contributed by atoms with Crippen LogP contribution < -0.4 is 5.32 Å². The zero-order valence-electron chi connectivity index (χ0n) is 9.09. The molecule has 1 aromatic carbocycles. The number of thiazole rings is 1. The summed E-state index contributed by atoms with van der Waals surface area (Å²) < 4.78 is 0. The standard InChI is InChI=1S/C12H12N2O2S/c15-11(16)7-13-6-10-8-17-12(14-10)9-4-2-1-3-5-9/h1-5,8,13H,6-7H2,(H,15,16). The Hall–Kier alpha value is -1.72. The van der Waals surface area contributed by atoms with E-state index in [1.54, 1.807) is 11.3 Å². The third-order valence-electron chi connectivity index (χ3n) is 2.15. The van der Waals surface area contributed by atoms with Crippen molar-refractivity contribution in [3.8, 4) is 10.6 Å². The second-order valence-electron chi connectivity index (χ2n) is 3.51. The lowest BCUT2D eigenvalue weighted by Gasteiger charge is -1.97. The Balaban J connectivity index is 1.99. The van der Waals surface area contributed by atoms with Crippen molar-refractivity contribution in [2.24, 2.45) is 0 Å². The van der Waals surface area contributed by atoms with E-state index in [1.165, 1.54) is 0 Å². The molecule has 2 aromatic rings. The maximum absolute atomic E-state index is 10.3. The van der Waals surface area contributed by atoms with Crippen molar-refractivity contribution in [2.75, 3.05) is 6.54 Å². The van der Waals surface area contributed by atoms with Crippen LogP contribution in [0.1, 0.15) is 5.69 Å². The highest BCUT2D eigenvalue weighted by Crippen LogP contribution is 2.22. The Morgan fingerprint density at radius 2 is 2.12 bits per heavy atom. The van der Waals surface area contributed by atoms with E-state index < -0.39 is 5.97 Å². The minimum Gasteiger partial charge on any atom is -0.480 e. The van der Waals surface area contributed by atoms with Crippen molar-refractivity contribution < 1.29 is 9.90 Å². The molecule has 0 amide bonds. The molecule has 2 N–H and O–H groups in total. The number of aliphatic carboxylic acids is 1. The molecule has 0 saturated carbocycles. The lowest BCUT2D eigenvalue weighted by molar-refractivity contribution is -0.135. The monoisotopic (exact) mass is 248 g/mol. The van der Waals surface area contributed by atoms with Gasteiger partial charge in [-0.05, 0) is 0 Å². The van der Waals surface area contributed by atoms with Crippen LogP contribution in [0, 0.1) is 0 Å². The van der Waals surface area contributed by atoms with Crippen LogP contribution in [0.2, 0.25) is 0 Å². The zero-order valence-corrected chi connectivity index (χ0v) is 9.91. The molecule has 1 aromatic heterocycles. The van der Waals surface area contributed by atoms with Gasteiger partial charge >= 0.3 is 5.97 Å². The summed E-state index contributed by atoms with van der Waals surface area (Å²) in [7, 11) is 0. The van der Waals surface area contributed by atoms with E-state index in [0.717, 1.165) is 16.3 Å². The van der Waals surface area contributed by atoms with Crippen molar-refractivity contribution in [1.82, 2.24) is 10.3 Å². The highest BCUT2D eigenvalue weighted by molar-refractivity contribution is 7.13. The molecule has 0 fully saturated rings. The first-order chi connectivity index (χ1) is 8.25. The first-order valence-corrected chi connectivity index (χ1v) is 6.06. The second kappa shape index (κ2) is 5.56. The van der Waals surface area contributed by atoms with Gasteiger partial charge in [0, 0.05) is 17.5 Å². The summed E-state index contributed by atoms with van der Waals surface area (Å²) >= 11 is 1.56. The van der Waals surface area contributed by atoms with Crippen molar-refractivity contribution in [3.05, 3.63) is 41.4 Å². The fourth-order valence-electron chi connectivity index (χ4n) is 1.40. The van der Waals surface area contributed by atoms with Gasteiger partial charge in [0.25, 0.3) is 0 Å². The number of hydrogen-bond acceptors (Lipinski definition) is 4. The minimum absolute atomic E-state index is 0.0435. The number of nitrogens with one attached hydrogen (secondary N) is 1. The quantitative estimate of drug-likeness (QED) is 0.849. The lowest BCUT2D eigenvalue weighted by Crippen LogP contribution is -2.21. The van der Waals surface area contributed by atoms with E-state index >= 15 is 0 Å². The molecule has 1 heterocycles. The second-order valence-corrected chi connectivity index (χ2v) is 4.37. The molecule has 0 aliphatic carbocycles. The molecule has 0 spiro atoms. The van der Waals surface area contributed by atoms with Crippen molar-refractivity contribution in [1.29, 1.82) is 0 Å². The van der Waals surface area contributed by atoms with E-state index in [1.807, 2.05) is 35.7 Å². The molecule has 88 valence electrons. The topological polar surface area (TPSA) is 62.2 Å². The third kappa shape index (κ3) is 3.37. The number of nitrogens with zero attached hydrogens (tertiary/aromatic N) is 1. The average molecular weight is 248 g/mol. The maximum Gasteiger partial charge on any atom is 0.317 e. The summed E-state index contributed by atoms with van der Waals surface area (Å²) in [5.74, 6) is -0.858. The first-order valence-electron chi connectivity index (χ1n) is 5.18. The van der Waals surface area contributed by atoms with Crippen LogP contribution in [0.25, 0.3) is 10.6 Å². The lowest BCUT2D eigenvalue weighted by atomic mass is 10.2.